The number of hydrogen-bond donors (Lipinski definition) is 1. The summed E-state index contributed by atoms with van der Waals surface area (Å²) < 4.78 is 63.6. The molecule has 8 heteroatoms. The molecule has 0 saturated heterocycles. The minimum absolute atomic E-state index is 0.217. The maximum atomic E-state index is 12.1. The van der Waals surface area contributed by atoms with Crippen molar-refractivity contribution in [2.75, 3.05) is 0 Å². The predicted octanol–water partition coefficient (Wildman–Crippen LogP) is 3.89. The normalized spacial score (nSPS) is 13.8. The van der Waals surface area contributed by atoms with Crippen LogP contribution in [0, 0.1) is 0 Å². The lowest BCUT2D eigenvalue weighted by Crippen LogP contribution is -2.18. The zero-order chi connectivity index (χ0) is 13.9. The minimum Gasteiger partial charge on any atom is -0.404 e. The Labute approximate surface area is 104 Å². The van der Waals surface area contributed by atoms with Gasteiger partial charge in [-0.05, 0) is 17.7 Å². The van der Waals surface area contributed by atoms with Crippen LogP contribution in [0.25, 0.3) is 0 Å². The molecule has 0 unspecified atom stereocenters. The van der Waals surface area contributed by atoms with Crippen molar-refractivity contribution in [1.82, 2.24) is 0 Å². The molecule has 0 fully saturated rings. The van der Waals surface area contributed by atoms with E-state index in [1.54, 1.807) is 0 Å². The zero-order valence-corrected chi connectivity index (χ0v) is 9.60. The van der Waals surface area contributed by atoms with E-state index in [-0.39, 0.29) is 10.6 Å². The van der Waals surface area contributed by atoms with Crippen LogP contribution in [0.2, 0.25) is 5.02 Å². The molecule has 2 nitrogen and oxygen atoms in total. The molecular weight excluding hydrogens is 281 g/mol. The van der Waals surface area contributed by atoms with Crippen LogP contribution >= 0.6 is 11.6 Å². The highest BCUT2D eigenvalue weighted by Gasteiger charge is 2.32. The van der Waals surface area contributed by atoms with Crippen LogP contribution in [0.3, 0.4) is 0 Å². The average molecular weight is 290 g/mol. The van der Waals surface area contributed by atoms with Crippen molar-refractivity contribution in [1.29, 1.82) is 0 Å². The lowest BCUT2D eigenvalue weighted by molar-refractivity contribution is -0.274. The molecule has 0 spiro atoms. The molecule has 0 bridgehead atoms. The van der Waals surface area contributed by atoms with Crippen LogP contribution in [0.5, 0.6) is 5.75 Å². The van der Waals surface area contributed by atoms with Crippen LogP contribution < -0.4 is 10.5 Å². The van der Waals surface area contributed by atoms with Gasteiger partial charge in [0.15, 0.2) is 0 Å². The van der Waals surface area contributed by atoms with Crippen molar-refractivity contribution < 1.29 is 26.7 Å². The molecule has 0 aliphatic rings. The minimum atomic E-state index is -4.86. The largest absolute Gasteiger partial charge is 0.573 e. The Bertz CT molecular complexity index is 410. The topological polar surface area (TPSA) is 35.2 Å². The van der Waals surface area contributed by atoms with Gasteiger partial charge in [0.25, 0.3) is 0 Å². The predicted molar refractivity (Wildman–Crippen MR) is 55.7 cm³/mol. The van der Waals surface area contributed by atoms with Crippen molar-refractivity contribution in [3.8, 4) is 5.75 Å². The third kappa shape index (κ3) is 4.66. The van der Waals surface area contributed by atoms with Gasteiger partial charge in [-0.25, -0.2) is 8.78 Å². The second kappa shape index (κ2) is 5.71. The third-order valence-electron chi connectivity index (χ3n) is 2.04. The summed E-state index contributed by atoms with van der Waals surface area (Å²) in [5, 5.41) is -0.338. The molecule has 0 amide bonds. The molecule has 1 aromatic rings. The Kier molecular flexibility index (Phi) is 4.75. The summed E-state index contributed by atoms with van der Waals surface area (Å²) in [6, 6.07) is 2.19. The van der Waals surface area contributed by atoms with Gasteiger partial charge in [0, 0.05) is 12.5 Å². The number of nitrogens with two attached hydrogens (primary N) is 1. The lowest BCUT2D eigenvalue weighted by Gasteiger charge is -2.14. The van der Waals surface area contributed by atoms with Crippen molar-refractivity contribution in [3.63, 3.8) is 0 Å². The number of hydrogen-bond acceptors (Lipinski definition) is 2. The molecule has 0 heterocycles. The van der Waals surface area contributed by atoms with E-state index in [0.717, 1.165) is 12.1 Å². The highest BCUT2D eigenvalue weighted by molar-refractivity contribution is 6.32. The van der Waals surface area contributed by atoms with Crippen molar-refractivity contribution >= 4 is 11.6 Å². The van der Waals surface area contributed by atoms with E-state index in [1.165, 1.54) is 6.07 Å². The van der Waals surface area contributed by atoms with E-state index in [4.69, 9.17) is 17.3 Å². The SMILES string of the molecule is N[C@@H](CC(F)F)c1ccc(OC(F)(F)F)c(Cl)c1. The number of ether oxygens (including phenoxy) is 1. The molecule has 102 valence electrons. The van der Waals surface area contributed by atoms with Crippen molar-refractivity contribution in [2.45, 2.75) is 25.3 Å². The summed E-state index contributed by atoms with van der Waals surface area (Å²) in [7, 11) is 0. The van der Waals surface area contributed by atoms with Crippen molar-refractivity contribution in [2.24, 2.45) is 5.73 Å². The van der Waals surface area contributed by atoms with Gasteiger partial charge in [-0.2, -0.15) is 0 Å². The maximum Gasteiger partial charge on any atom is 0.573 e. The van der Waals surface area contributed by atoms with Gasteiger partial charge in [0.1, 0.15) is 5.75 Å². The monoisotopic (exact) mass is 289 g/mol. The Hall–Kier alpha value is -1.08. The summed E-state index contributed by atoms with van der Waals surface area (Å²) in [6.07, 6.45) is -8.07. The Morgan fingerprint density at radius 3 is 2.33 bits per heavy atom. The van der Waals surface area contributed by atoms with Crippen LogP contribution in [-0.4, -0.2) is 12.8 Å². The maximum absolute atomic E-state index is 12.1. The first kappa shape index (κ1) is 15.0. The smallest absolute Gasteiger partial charge is 0.404 e. The van der Waals surface area contributed by atoms with E-state index >= 15 is 0 Å². The highest BCUT2D eigenvalue weighted by Crippen LogP contribution is 2.32. The van der Waals surface area contributed by atoms with Crippen LogP contribution in [0.4, 0.5) is 22.0 Å². The van der Waals surface area contributed by atoms with Gasteiger partial charge in [-0.3, -0.25) is 0 Å². The summed E-state index contributed by atoms with van der Waals surface area (Å²) in [5.74, 6) is -0.600. The molecule has 1 aromatic carbocycles. The number of benzene rings is 1. The van der Waals surface area contributed by atoms with Crippen LogP contribution in [-0.2, 0) is 0 Å². The van der Waals surface area contributed by atoms with E-state index < -0.39 is 31.0 Å². The molecule has 1 atom stereocenters. The molecule has 0 radical (unpaired) electrons. The molecular formula is C10H9ClF5NO. The third-order valence-corrected chi connectivity index (χ3v) is 2.34. The summed E-state index contributed by atoms with van der Waals surface area (Å²) in [4.78, 5) is 0. The van der Waals surface area contributed by atoms with Crippen molar-refractivity contribution in [3.05, 3.63) is 28.8 Å². The fraction of sp³-hybridized carbons (Fsp3) is 0.400. The summed E-state index contributed by atoms with van der Waals surface area (Å²) >= 11 is 5.55. The first-order chi connectivity index (χ1) is 8.19. The van der Waals surface area contributed by atoms with Gasteiger partial charge in [0.05, 0.1) is 5.02 Å². The van der Waals surface area contributed by atoms with Gasteiger partial charge < -0.3 is 10.5 Å². The molecule has 0 aliphatic carbocycles. The van der Waals surface area contributed by atoms with Crippen LogP contribution in [0.15, 0.2) is 18.2 Å². The molecule has 0 saturated carbocycles. The Morgan fingerprint density at radius 1 is 1.28 bits per heavy atom. The fourth-order valence-electron chi connectivity index (χ4n) is 1.28. The second-order valence-corrected chi connectivity index (χ2v) is 3.88. The number of halogens is 6. The highest BCUT2D eigenvalue weighted by atomic mass is 35.5. The molecule has 1 rings (SSSR count). The Morgan fingerprint density at radius 2 is 1.89 bits per heavy atom. The second-order valence-electron chi connectivity index (χ2n) is 3.47. The summed E-state index contributed by atoms with van der Waals surface area (Å²) in [6.45, 7) is 0. The molecule has 2 N–H and O–H groups in total. The Balaban J connectivity index is 2.85. The van der Waals surface area contributed by atoms with E-state index in [0.29, 0.717) is 0 Å². The zero-order valence-electron chi connectivity index (χ0n) is 8.85. The van der Waals surface area contributed by atoms with E-state index in [9.17, 15) is 22.0 Å². The van der Waals surface area contributed by atoms with Gasteiger partial charge in [-0.15, -0.1) is 13.2 Å². The standard InChI is InChI=1S/C10H9ClF5NO/c11-6-3-5(7(17)4-9(12)13)1-2-8(6)18-10(14,15)16/h1-3,7,9H,4,17H2/t7-/m0/s1. The average Bonchev–Trinajstić information content (AvgIpc) is 2.18. The fourth-order valence-corrected chi connectivity index (χ4v) is 1.51. The van der Waals surface area contributed by atoms with Gasteiger partial charge in [0.2, 0.25) is 6.43 Å². The lowest BCUT2D eigenvalue weighted by atomic mass is 10.0. The molecule has 18 heavy (non-hydrogen) atoms. The summed E-state index contributed by atoms with van der Waals surface area (Å²) in [5.41, 5.74) is 5.66. The first-order valence-corrected chi connectivity index (χ1v) is 5.16. The van der Waals surface area contributed by atoms with Gasteiger partial charge in [-0.1, -0.05) is 17.7 Å². The van der Waals surface area contributed by atoms with Crippen LogP contribution in [0.1, 0.15) is 18.0 Å². The number of rotatable bonds is 4. The molecule has 0 aromatic heterocycles. The van der Waals surface area contributed by atoms with E-state index in [1.807, 2.05) is 0 Å². The van der Waals surface area contributed by atoms with E-state index in [2.05, 4.69) is 4.74 Å². The number of alkyl halides is 5. The molecule has 0 aliphatic heterocycles. The quantitative estimate of drug-likeness (QED) is 0.853. The van der Waals surface area contributed by atoms with Gasteiger partial charge >= 0.3 is 6.36 Å². The first-order valence-electron chi connectivity index (χ1n) is 4.78.